The normalized spacial score (nSPS) is 36.2. The number of carboxylic acid groups (broad SMARTS) is 1. The number of carboxylic acids is 1. The summed E-state index contributed by atoms with van der Waals surface area (Å²) in [6.45, 7) is -0.396. The number of rotatable bonds is 5. The molecule has 2 unspecified atom stereocenters. The molecule has 1 aliphatic heterocycles. The number of cyclic esters (lactones) is 1. The predicted octanol–water partition coefficient (Wildman–Crippen LogP) is 4.02. The minimum Gasteiger partial charge on any atom is -0.482 e. The Bertz CT molecular complexity index is 921. The van der Waals surface area contributed by atoms with Crippen molar-refractivity contribution in [2.75, 3.05) is 6.61 Å². The first-order valence-corrected chi connectivity index (χ1v) is 10.4. The summed E-state index contributed by atoms with van der Waals surface area (Å²) >= 11 is 6.90. The number of carbonyl (C=O) groups excluding carboxylic acids is 1. The molecule has 0 radical (unpaired) electrons. The molecule has 7 heteroatoms. The lowest BCUT2D eigenvalue weighted by molar-refractivity contribution is -0.139. The molecule has 6 nitrogen and oxygen atoms in total. The summed E-state index contributed by atoms with van der Waals surface area (Å²) in [5.74, 6) is 0.742. The van der Waals surface area contributed by atoms with Crippen LogP contribution in [0.3, 0.4) is 0 Å². The molecular weight excluding hydrogens is 394 g/mol. The van der Waals surface area contributed by atoms with Gasteiger partial charge in [-0.15, -0.1) is 11.6 Å². The van der Waals surface area contributed by atoms with Gasteiger partial charge in [-0.2, -0.15) is 0 Å². The molecule has 1 aromatic rings. The molecule has 2 atom stereocenters. The molecule has 1 heterocycles. The standard InChI is InChI=1S/C22H22ClNO5/c23-22-9-14-5-15(10-22)8-21(7-14,12-22)20-24-17(19(27)29-20)6-13-1-3-16(4-2-13)28-11-18(25)26/h1-4,6,14-15H,5,7-12H2,(H,25,26). The van der Waals surface area contributed by atoms with E-state index in [1.807, 2.05) is 0 Å². The molecule has 4 bridgehead atoms. The van der Waals surface area contributed by atoms with Crippen molar-refractivity contribution in [2.24, 2.45) is 22.2 Å². The van der Waals surface area contributed by atoms with Crippen molar-refractivity contribution in [2.45, 2.75) is 43.4 Å². The second-order valence-electron chi connectivity index (χ2n) is 8.98. The van der Waals surface area contributed by atoms with Crippen LogP contribution in [0, 0.1) is 17.3 Å². The summed E-state index contributed by atoms with van der Waals surface area (Å²) in [5.41, 5.74) is 0.855. The van der Waals surface area contributed by atoms with Crippen molar-refractivity contribution in [3.8, 4) is 5.75 Å². The summed E-state index contributed by atoms with van der Waals surface area (Å²) in [6, 6.07) is 6.83. The van der Waals surface area contributed by atoms with Gasteiger partial charge < -0.3 is 14.6 Å². The smallest absolute Gasteiger partial charge is 0.363 e. The second-order valence-corrected chi connectivity index (χ2v) is 9.78. The average molecular weight is 416 g/mol. The monoisotopic (exact) mass is 415 g/mol. The highest BCUT2D eigenvalue weighted by Crippen LogP contribution is 2.64. The van der Waals surface area contributed by atoms with E-state index in [1.54, 1.807) is 30.3 Å². The van der Waals surface area contributed by atoms with Gasteiger partial charge in [0.2, 0.25) is 5.90 Å². The minimum atomic E-state index is -1.03. The predicted molar refractivity (Wildman–Crippen MR) is 107 cm³/mol. The van der Waals surface area contributed by atoms with Crippen LogP contribution in [0.15, 0.2) is 35.0 Å². The Morgan fingerprint density at radius 1 is 1.24 bits per heavy atom. The number of aliphatic imine (C=N–C) groups is 1. The highest BCUT2D eigenvalue weighted by molar-refractivity contribution is 6.24. The van der Waals surface area contributed by atoms with Crippen molar-refractivity contribution >= 4 is 35.5 Å². The first-order chi connectivity index (χ1) is 13.8. The number of hydrogen-bond acceptors (Lipinski definition) is 5. The van der Waals surface area contributed by atoms with Gasteiger partial charge in [0.1, 0.15) is 5.75 Å². The summed E-state index contributed by atoms with van der Waals surface area (Å²) in [6.07, 6.45) is 7.90. The molecule has 4 aliphatic carbocycles. The topological polar surface area (TPSA) is 85.2 Å². The van der Waals surface area contributed by atoms with E-state index >= 15 is 0 Å². The third-order valence-corrected chi connectivity index (χ3v) is 7.05. The molecule has 0 saturated heterocycles. The van der Waals surface area contributed by atoms with Crippen LogP contribution in [0.1, 0.15) is 44.1 Å². The third kappa shape index (κ3) is 3.44. The molecule has 0 aromatic heterocycles. The number of aliphatic carboxylic acids is 1. The number of ether oxygens (including phenoxy) is 2. The van der Waals surface area contributed by atoms with E-state index in [1.165, 1.54) is 6.42 Å². The minimum absolute atomic E-state index is 0.169. The maximum absolute atomic E-state index is 12.5. The van der Waals surface area contributed by atoms with Crippen LogP contribution in [0.25, 0.3) is 6.08 Å². The highest BCUT2D eigenvalue weighted by atomic mass is 35.5. The van der Waals surface area contributed by atoms with Gasteiger partial charge in [0.15, 0.2) is 12.3 Å². The molecule has 4 fully saturated rings. The van der Waals surface area contributed by atoms with Crippen molar-refractivity contribution in [1.82, 2.24) is 0 Å². The van der Waals surface area contributed by atoms with Gasteiger partial charge in [0.25, 0.3) is 0 Å². The maximum Gasteiger partial charge on any atom is 0.363 e. The zero-order chi connectivity index (χ0) is 20.2. The van der Waals surface area contributed by atoms with Crippen LogP contribution in [0.2, 0.25) is 0 Å². The Hall–Kier alpha value is -2.34. The Morgan fingerprint density at radius 2 is 1.93 bits per heavy atom. The lowest BCUT2D eigenvalue weighted by Crippen LogP contribution is -2.56. The summed E-state index contributed by atoms with van der Waals surface area (Å²) in [5, 5.41) is 8.67. The Balaban J connectivity index is 1.37. The van der Waals surface area contributed by atoms with Crippen LogP contribution in [-0.4, -0.2) is 34.4 Å². The van der Waals surface area contributed by atoms with Crippen LogP contribution >= 0.6 is 11.6 Å². The Morgan fingerprint density at radius 3 is 2.55 bits per heavy atom. The fourth-order valence-corrected chi connectivity index (χ4v) is 6.69. The molecular formula is C22H22ClNO5. The fourth-order valence-electron chi connectivity index (χ4n) is 6.00. The quantitative estimate of drug-likeness (QED) is 0.446. The van der Waals surface area contributed by atoms with Gasteiger partial charge in [0.05, 0.1) is 0 Å². The van der Waals surface area contributed by atoms with E-state index in [4.69, 9.17) is 26.2 Å². The molecule has 6 rings (SSSR count). The van der Waals surface area contributed by atoms with Crippen molar-refractivity contribution in [1.29, 1.82) is 0 Å². The Labute approximate surface area is 173 Å². The summed E-state index contributed by atoms with van der Waals surface area (Å²) < 4.78 is 10.8. The lowest BCUT2D eigenvalue weighted by Gasteiger charge is -2.59. The molecule has 1 aromatic carbocycles. The summed E-state index contributed by atoms with van der Waals surface area (Å²) in [7, 11) is 0. The van der Waals surface area contributed by atoms with E-state index < -0.39 is 18.5 Å². The fraction of sp³-hybridized carbons (Fsp3) is 0.500. The number of nitrogens with zero attached hydrogens (tertiary/aromatic N) is 1. The van der Waals surface area contributed by atoms with Crippen LogP contribution in [0.5, 0.6) is 5.75 Å². The van der Waals surface area contributed by atoms with Gasteiger partial charge in [-0.3, -0.25) is 0 Å². The van der Waals surface area contributed by atoms with Gasteiger partial charge in [-0.1, -0.05) is 12.1 Å². The molecule has 4 saturated carbocycles. The lowest BCUT2D eigenvalue weighted by atomic mass is 9.49. The Kier molecular flexibility index (Phi) is 4.24. The average Bonchev–Trinajstić information content (AvgIpc) is 3.00. The zero-order valence-corrected chi connectivity index (χ0v) is 16.7. The molecule has 0 spiro atoms. The van der Waals surface area contributed by atoms with Crippen LogP contribution in [0.4, 0.5) is 0 Å². The number of alkyl halides is 1. The van der Waals surface area contributed by atoms with Crippen LogP contribution < -0.4 is 4.74 Å². The second kappa shape index (κ2) is 6.59. The van der Waals surface area contributed by atoms with Gasteiger partial charge >= 0.3 is 11.9 Å². The zero-order valence-electron chi connectivity index (χ0n) is 15.9. The third-order valence-electron chi connectivity index (χ3n) is 6.61. The number of carbonyl (C=O) groups is 2. The number of halogens is 1. The van der Waals surface area contributed by atoms with Crippen molar-refractivity contribution < 1.29 is 24.2 Å². The molecule has 1 N–H and O–H groups in total. The van der Waals surface area contributed by atoms with Crippen molar-refractivity contribution in [3.63, 3.8) is 0 Å². The molecule has 5 aliphatic rings. The van der Waals surface area contributed by atoms with E-state index in [9.17, 15) is 9.59 Å². The van der Waals surface area contributed by atoms with E-state index in [0.717, 1.165) is 37.7 Å². The first kappa shape index (κ1) is 18.7. The number of benzene rings is 1. The van der Waals surface area contributed by atoms with E-state index in [2.05, 4.69) is 4.99 Å². The number of hydrogen-bond donors (Lipinski definition) is 1. The number of esters is 1. The highest BCUT2D eigenvalue weighted by Gasteiger charge is 2.60. The van der Waals surface area contributed by atoms with Gasteiger partial charge in [0, 0.05) is 10.3 Å². The largest absolute Gasteiger partial charge is 0.482 e. The van der Waals surface area contributed by atoms with Crippen molar-refractivity contribution in [3.05, 3.63) is 35.5 Å². The molecule has 29 heavy (non-hydrogen) atoms. The van der Waals surface area contributed by atoms with Gasteiger partial charge in [-0.05, 0) is 74.1 Å². The maximum atomic E-state index is 12.5. The van der Waals surface area contributed by atoms with Gasteiger partial charge in [-0.25, -0.2) is 14.6 Å². The van der Waals surface area contributed by atoms with Crippen LogP contribution in [-0.2, 0) is 14.3 Å². The SMILES string of the molecule is O=C(O)COc1ccc(C=C2N=C(C34CC5CC(CC(Cl)(C5)C3)C4)OC2=O)cc1. The first-order valence-electron chi connectivity index (χ1n) is 9.99. The summed E-state index contributed by atoms with van der Waals surface area (Å²) in [4.78, 5) is 27.5. The molecule has 152 valence electrons. The van der Waals surface area contributed by atoms with E-state index in [0.29, 0.717) is 29.2 Å². The van der Waals surface area contributed by atoms with E-state index in [-0.39, 0.29) is 10.3 Å². The molecule has 0 amide bonds.